The summed E-state index contributed by atoms with van der Waals surface area (Å²) in [5, 5.41) is 4.18. The Kier molecular flexibility index (Phi) is 3.28. The fourth-order valence-electron chi connectivity index (χ4n) is 2.40. The molecule has 0 amide bonds. The first-order valence-corrected chi connectivity index (χ1v) is 5.74. The van der Waals surface area contributed by atoms with Crippen LogP contribution >= 0.6 is 0 Å². The Morgan fingerprint density at radius 1 is 1.62 bits per heavy atom. The number of aromatic nitrogens is 2. The second kappa shape index (κ2) is 4.53. The molecule has 0 aromatic carbocycles. The Hall–Kier alpha value is -0.910. The van der Waals surface area contributed by atoms with Gasteiger partial charge in [-0.15, -0.1) is 0 Å². The van der Waals surface area contributed by atoms with Crippen molar-refractivity contribution in [1.82, 2.24) is 15.2 Å². The molecule has 3 N–H and O–H groups in total. The SMILES string of the molecule is Cn1cc(C(NN)C2(C)CCCCO2)cn1. The first-order chi connectivity index (χ1) is 7.65. The third-order valence-corrected chi connectivity index (χ3v) is 3.33. The van der Waals surface area contributed by atoms with Crippen LogP contribution in [0.1, 0.15) is 37.8 Å². The Morgan fingerprint density at radius 3 is 2.94 bits per heavy atom. The Labute approximate surface area is 95.9 Å². The van der Waals surface area contributed by atoms with Crippen LogP contribution in [0.3, 0.4) is 0 Å². The lowest BCUT2D eigenvalue weighted by molar-refractivity contribution is -0.0899. The van der Waals surface area contributed by atoms with E-state index in [0.29, 0.717) is 0 Å². The third-order valence-electron chi connectivity index (χ3n) is 3.33. The van der Waals surface area contributed by atoms with E-state index < -0.39 is 0 Å². The van der Waals surface area contributed by atoms with Crippen LogP contribution in [0.2, 0.25) is 0 Å². The van der Waals surface area contributed by atoms with Gasteiger partial charge in [-0.2, -0.15) is 5.10 Å². The number of hydrazine groups is 1. The highest BCUT2D eigenvalue weighted by Crippen LogP contribution is 2.35. The fraction of sp³-hybridized carbons (Fsp3) is 0.727. The largest absolute Gasteiger partial charge is 0.373 e. The molecule has 5 nitrogen and oxygen atoms in total. The van der Waals surface area contributed by atoms with Crippen LogP contribution in [-0.2, 0) is 11.8 Å². The molecule has 2 atom stereocenters. The zero-order valence-electron chi connectivity index (χ0n) is 9.94. The van der Waals surface area contributed by atoms with Gasteiger partial charge < -0.3 is 4.74 Å². The highest BCUT2D eigenvalue weighted by atomic mass is 16.5. The van der Waals surface area contributed by atoms with Gasteiger partial charge in [0.1, 0.15) is 0 Å². The number of nitrogens with zero attached hydrogens (tertiary/aromatic N) is 2. The van der Waals surface area contributed by atoms with Crippen molar-refractivity contribution in [1.29, 1.82) is 0 Å². The van der Waals surface area contributed by atoms with Crippen molar-refractivity contribution < 1.29 is 4.74 Å². The van der Waals surface area contributed by atoms with Gasteiger partial charge in [-0.1, -0.05) is 0 Å². The second-order valence-corrected chi connectivity index (χ2v) is 4.67. The van der Waals surface area contributed by atoms with Gasteiger partial charge in [0.2, 0.25) is 0 Å². The summed E-state index contributed by atoms with van der Waals surface area (Å²) < 4.78 is 7.69. The second-order valence-electron chi connectivity index (χ2n) is 4.67. The minimum atomic E-state index is -0.226. The molecule has 1 saturated heterocycles. The zero-order valence-corrected chi connectivity index (χ0v) is 9.94. The minimum Gasteiger partial charge on any atom is -0.373 e. The summed E-state index contributed by atoms with van der Waals surface area (Å²) in [6, 6.07) is 0.00139. The Morgan fingerprint density at radius 2 is 2.44 bits per heavy atom. The van der Waals surface area contributed by atoms with Crippen LogP contribution in [0.5, 0.6) is 0 Å². The molecule has 1 aromatic heterocycles. The van der Waals surface area contributed by atoms with E-state index in [9.17, 15) is 0 Å². The standard InChI is InChI=1S/C11H20N4O/c1-11(5-3-4-6-16-11)10(14-12)9-7-13-15(2)8-9/h7-8,10,14H,3-6,12H2,1-2H3. The van der Waals surface area contributed by atoms with E-state index in [4.69, 9.17) is 10.6 Å². The van der Waals surface area contributed by atoms with Crippen molar-refractivity contribution in [2.45, 2.75) is 37.8 Å². The number of ether oxygens (including phenoxy) is 1. The minimum absolute atomic E-state index is 0.00139. The summed E-state index contributed by atoms with van der Waals surface area (Å²) in [5.74, 6) is 5.66. The Balaban J connectivity index is 2.20. The number of nitrogens with two attached hydrogens (primary N) is 1. The highest BCUT2D eigenvalue weighted by molar-refractivity contribution is 5.15. The number of aryl methyl sites for hydroxylation is 1. The highest BCUT2D eigenvalue weighted by Gasteiger charge is 2.37. The third kappa shape index (κ3) is 2.11. The zero-order chi connectivity index (χ0) is 11.6. The van der Waals surface area contributed by atoms with E-state index in [2.05, 4.69) is 17.4 Å². The van der Waals surface area contributed by atoms with Gasteiger partial charge in [-0.05, 0) is 26.2 Å². The summed E-state index contributed by atoms with van der Waals surface area (Å²) in [6.07, 6.45) is 7.17. The molecular weight excluding hydrogens is 204 g/mol. The van der Waals surface area contributed by atoms with Gasteiger partial charge in [-0.3, -0.25) is 10.5 Å². The molecule has 2 unspecified atom stereocenters. The molecule has 0 aliphatic carbocycles. The molecule has 0 radical (unpaired) electrons. The molecule has 16 heavy (non-hydrogen) atoms. The molecule has 2 heterocycles. The normalized spacial score (nSPS) is 27.9. The number of hydrogen-bond donors (Lipinski definition) is 2. The topological polar surface area (TPSA) is 65.1 Å². The molecule has 1 fully saturated rings. The number of hydrogen-bond acceptors (Lipinski definition) is 4. The van der Waals surface area contributed by atoms with Crippen LogP contribution in [-0.4, -0.2) is 22.0 Å². The lowest BCUT2D eigenvalue weighted by atomic mass is 9.85. The van der Waals surface area contributed by atoms with Crippen molar-refractivity contribution >= 4 is 0 Å². The first-order valence-electron chi connectivity index (χ1n) is 5.74. The summed E-state index contributed by atoms with van der Waals surface area (Å²) in [6.45, 7) is 2.93. The molecule has 90 valence electrons. The van der Waals surface area contributed by atoms with Gasteiger partial charge in [0.25, 0.3) is 0 Å². The molecule has 0 bridgehead atoms. The van der Waals surface area contributed by atoms with Crippen LogP contribution in [0.25, 0.3) is 0 Å². The van der Waals surface area contributed by atoms with E-state index in [1.54, 1.807) is 4.68 Å². The maximum absolute atomic E-state index is 5.90. The van der Waals surface area contributed by atoms with E-state index in [1.807, 2.05) is 19.4 Å². The fourth-order valence-corrected chi connectivity index (χ4v) is 2.40. The van der Waals surface area contributed by atoms with Gasteiger partial charge in [0.05, 0.1) is 17.8 Å². The van der Waals surface area contributed by atoms with Crippen molar-refractivity contribution in [3.63, 3.8) is 0 Å². The molecule has 2 rings (SSSR count). The van der Waals surface area contributed by atoms with E-state index >= 15 is 0 Å². The number of nitrogens with one attached hydrogen (secondary N) is 1. The van der Waals surface area contributed by atoms with Crippen molar-refractivity contribution in [3.8, 4) is 0 Å². The van der Waals surface area contributed by atoms with Crippen LogP contribution in [0, 0.1) is 0 Å². The van der Waals surface area contributed by atoms with Crippen LogP contribution in [0.4, 0.5) is 0 Å². The summed E-state index contributed by atoms with van der Waals surface area (Å²) >= 11 is 0. The monoisotopic (exact) mass is 224 g/mol. The average molecular weight is 224 g/mol. The lowest BCUT2D eigenvalue weighted by Gasteiger charge is -2.39. The predicted molar refractivity (Wildman–Crippen MR) is 61.5 cm³/mol. The van der Waals surface area contributed by atoms with E-state index in [0.717, 1.165) is 25.0 Å². The van der Waals surface area contributed by atoms with E-state index in [1.165, 1.54) is 6.42 Å². The van der Waals surface area contributed by atoms with Gasteiger partial charge in [0.15, 0.2) is 0 Å². The molecule has 0 spiro atoms. The van der Waals surface area contributed by atoms with Crippen LogP contribution in [0.15, 0.2) is 12.4 Å². The molecular formula is C11H20N4O. The molecule has 5 heteroatoms. The van der Waals surface area contributed by atoms with Gasteiger partial charge >= 0.3 is 0 Å². The predicted octanol–water partition coefficient (Wildman–Crippen LogP) is 0.884. The van der Waals surface area contributed by atoms with Crippen LogP contribution < -0.4 is 11.3 Å². The number of rotatable bonds is 3. The maximum atomic E-state index is 5.90. The molecule has 1 aliphatic heterocycles. The van der Waals surface area contributed by atoms with Gasteiger partial charge in [-0.25, -0.2) is 5.43 Å². The van der Waals surface area contributed by atoms with E-state index in [-0.39, 0.29) is 11.6 Å². The smallest absolute Gasteiger partial charge is 0.0862 e. The summed E-state index contributed by atoms with van der Waals surface area (Å²) in [7, 11) is 1.90. The average Bonchev–Trinajstić information content (AvgIpc) is 2.66. The molecule has 1 aromatic rings. The first kappa shape index (κ1) is 11.6. The molecule has 1 aliphatic rings. The maximum Gasteiger partial charge on any atom is 0.0862 e. The van der Waals surface area contributed by atoms with Crippen molar-refractivity contribution in [2.75, 3.05) is 6.61 Å². The van der Waals surface area contributed by atoms with Gasteiger partial charge in [0, 0.05) is 25.4 Å². The van der Waals surface area contributed by atoms with Crippen molar-refractivity contribution in [2.24, 2.45) is 12.9 Å². The summed E-state index contributed by atoms with van der Waals surface area (Å²) in [4.78, 5) is 0. The Bertz CT molecular complexity index is 344. The summed E-state index contributed by atoms with van der Waals surface area (Å²) in [5.41, 5.74) is 3.72. The molecule has 0 saturated carbocycles. The quantitative estimate of drug-likeness (QED) is 0.591. The van der Waals surface area contributed by atoms with Crippen molar-refractivity contribution in [3.05, 3.63) is 18.0 Å². The lowest BCUT2D eigenvalue weighted by Crippen LogP contribution is -2.48.